The first-order chi connectivity index (χ1) is 14.4. The number of rotatable bonds is 10. The monoisotopic (exact) mass is 415 g/mol. The fraction of sp³-hybridized carbons (Fsp3) is 0.455. The SMILES string of the molecule is CCOC(=O)C=CC(CC1CCNC1=O)NC(=O)C(Cc1ccccc1)NC(C)=O. The molecular formula is C22H29N3O5. The highest BCUT2D eigenvalue weighted by Gasteiger charge is 2.29. The van der Waals surface area contributed by atoms with Crippen molar-refractivity contribution in [1.82, 2.24) is 16.0 Å². The Hall–Kier alpha value is -3.16. The Morgan fingerprint density at radius 2 is 1.97 bits per heavy atom. The van der Waals surface area contributed by atoms with E-state index in [1.54, 1.807) is 6.92 Å². The molecule has 1 aliphatic heterocycles. The number of nitrogens with one attached hydrogen (secondary N) is 3. The topological polar surface area (TPSA) is 114 Å². The van der Waals surface area contributed by atoms with Gasteiger partial charge in [-0.15, -0.1) is 0 Å². The van der Waals surface area contributed by atoms with Crippen LogP contribution in [0.25, 0.3) is 0 Å². The Morgan fingerprint density at radius 1 is 1.23 bits per heavy atom. The molecular weight excluding hydrogens is 386 g/mol. The van der Waals surface area contributed by atoms with Gasteiger partial charge in [0.2, 0.25) is 17.7 Å². The van der Waals surface area contributed by atoms with Crippen LogP contribution in [0.3, 0.4) is 0 Å². The summed E-state index contributed by atoms with van der Waals surface area (Å²) in [5.41, 5.74) is 0.903. The molecule has 8 heteroatoms. The first-order valence-corrected chi connectivity index (χ1v) is 10.1. The summed E-state index contributed by atoms with van der Waals surface area (Å²) in [4.78, 5) is 48.2. The van der Waals surface area contributed by atoms with Crippen LogP contribution in [0.4, 0.5) is 0 Å². The zero-order chi connectivity index (χ0) is 21.9. The third-order valence-corrected chi connectivity index (χ3v) is 4.76. The summed E-state index contributed by atoms with van der Waals surface area (Å²) >= 11 is 0. The van der Waals surface area contributed by atoms with E-state index in [4.69, 9.17) is 4.74 Å². The molecule has 0 saturated carbocycles. The van der Waals surface area contributed by atoms with Crippen molar-refractivity contribution in [3.8, 4) is 0 Å². The predicted octanol–water partition coefficient (Wildman–Crippen LogP) is 0.864. The number of ether oxygens (including phenoxy) is 1. The number of hydrogen-bond donors (Lipinski definition) is 3. The van der Waals surface area contributed by atoms with Gasteiger partial charge in [-0.2, -0.15) is 0 Å². The van der Waals surface area contributed by atoms with Gasteiger partial charge in [0.15, 0.2) is 0 Å². The molecule has 0 spiro atoms. The lowest BCUT2D eigenvalue weighted by Gasteiger charge is -2.23. The third kappa shape index (κ3) is 7.69. The number of amides is 3. The molecule has 8 nitrogen and oxygen atoms in total. The van der Waals surface area contributed by atoms with Crippen molar-refractivity contribution in [3.05, 3.63) is 48.0 Å². The van der Waals surface area contributed by atoms with Crippen LogP contribution in [0, 0.1) is 5.92 Å². The average Bonchev–Trinajstić information content (AvgIpc) is 3.10. The first-order valence-electron chi connectivity index (χ1n) is 10.1. The molecule has 2 rings (SSSR count). The van der Waals surface area contributed by atoms with Crippen molar-refractivity contribution in [3.63, 3.8) is 0 Å². The lowest BCUT2D eigenvalue weighted by Crippen LogP contribution is -2.50. The molecule has 1 aromatic rings. The predicted molar refractivity (Wildman–Crippen MR) is 111 cm³/mol. The Balaban J connectivity index is 2.12. The van der Waals surface area contributed by atoms with Gasteiger partial charge in [-0.25, -0.2) is 4.79 Å². The fourth-order valence-corrected chi connectivity index (χ4v) is 3.33. The largest absolute Gasteiger partial charge is 0.463 e. The van der Waals surface area contributed by atoms with Crippen LogP contribution in [0.5, 0.6) is 0 Å². The van der Waals surface area contributed by atoms with E-state index in [2.05, 4.69) is 16.0 Å². The second-order valence-corrected chi connectivity index (χ2v) is 7.18. The molecule has 0 aliphatic carbocycles. The summed E-state index contributed by atoms with van der Waals surface area (Å²) in [6.07, 6.45) is 4.13. The van der Waals surface area contributed by atoms with E-state index in [1.165, 1.54) is 19.1 Å². The van der Waals surface area contributed by atoms with Gasteiger partial charge in [-0.05, 0) is 25.3 Å². The summed E-state index contributed by atoms with van der Waals surface area (Å²) in [6, 6.07) is 8.03. The van der Waals surface area contributed by atoms with Crippen LogP contribution < -0.4 is 16.0 Å². The van der Waals surface area contributed by atoms with Gasteiger partial charge in [0.1, 0.15) is 6.04 Å². The van der Waals surface area contributed by atoms with E-state index < -0.39 is 18.1 Å². The van der Waals surface area contributed by atoms with Crippen molar-refractivity contribution >= 4 is 23.7 Å². The van der Waals surface area contributed by atoms with Crippen LogP contribution in [-0.2, 0) is 30.3 Å². The van der Waals surface area contributed by atoms with E-state index in [1.807, 2.05) is 30.3 Å². The van der Waals surface area contributed by atoms with Gasteiger partial charge < -0.3 is 20.7 Å². The number of carbonyl (C=O) groups excluding carboxylic acids is 4. The highest BCUT2D eigenvalue weighted by molar-refractivity contribution is 5.88. The molecule has 30 heavy (non-hydrogen) atoms. The molecule has 1 aliphatic rings. The summed E-state index contributed by atoms with van der Waals surface area (Å²) < 4.78 is 4.89. The van der Waals surface area contributed by atoms with Crippen molar-refractivity contribution in [2.45, 2.75) is 45.2 Å². The van der Waals surface area contributed by atoms with Crippen LogP contribution >= 0.6 is 0 Å². The molecule has 3 atom stereocenters. The minimum atomic E-state index is -0.777. The van der Waals surface area contributed by atoms with Crippen LogP contribution in [0.1, 0.15) is 32.3 Å². The van der Waals surface area contributed by atoms with Gasteiger partial charge in [0, 0.05) is 37.9 Å². The standard InChI is InChI=1S/C22H29N3O5/c1-3-30-20(27)10-9-18(14-17-11-12-23-21(17)28)25-22(29)19(24-15(2)26)13-16-7-5-4-6-8-16/h4-10,17-19H,3,11-14H2,1-2H3,(H,23,28)(H,24,26)(H,25,29). The highest BCUT2D eigenvalue weighted by atomic mass is 16.5. The zero-order valence-electron chi connectivity index (χ0n) is 17.4. The molecule has 0 bridgehead atoms. The molecule has 0 radical (unpaired) electrons. The quantitative estimate of drug-likeness (QED) is 0.388. The van der Waals surface area contributed by atoms with Gasteiger partial charge in [0.25, 0.3) is 0 Å². The van der Waals surface area contributed by atoms with Gasteiger partial charge in [-0.3, -0.25) is 14.4 Å². The van der Waals surface area contributed by atoms with E-state index in [9.17, 15) is 19.2 Å². The molecule has 3 N–H and O–H groups in total. The second kappa shape index (κ2) is 11.7. The lowest BCUT2D eigenvalue weighted by molar-refractivity contribution is -0.137. The van der Waals surface area contributed by atoms with Crippen LogP contribution in [0.2, 0.25) is 0 Å². The van der Waals surface area contributed by atoms with Crippen LogP contribution in [0.15, 0.2) is 42.5 Å². The molecule has 3 unspecified atom stereocenters. The number of benzene rings is 1. The minimum absolute atomic E-state index is 0.0681. The summed E-state index contributed by atoms with van der Waals surface area (Å²) in [5, 5.41) is 8.31. The van der Waals surface area contributed by atoms with Crippen molar-refractivity contribution in [2.75, 3.05) is 13.2 Å². The molecule has 0 aromatic heterocycles. The number of carbonyl (C=O) groups is 4. The smallest absolute Gasteiger partial charge is 0.330 e. The third-order valence-electron chi connectivity index (χ3n) is 4.76. The van der Waals surface area contributed by atoms with E-state index >= 15 is 0 Å². The zero-order valence-corrected chi connectivity index (χ0v) is 17.4. The molecule has 3 amide bonds. The highest BCUT2D eigenvalue weighted by Crippen LogP contribution is 2.17. The van der Waals surface area contributed by atoms with Gasteiger partial charge in [-0.1, -0.05) is 36.4 Å². The molecule has 1 saturated heterocycles. The maximum atomic E-state index is 12.9. The molecule has 162 valence electrons. The normalized spacial score (nSPS) is 17.8. The number of hydrogen-bond acceptors (Lipinski definition) is 5. The van der Waals surface area contributed by atoms with E-state index in [0.29, 0.717) is 25.8 Å². The molecule has 1 fully saturated rings. The Labute approximate surface area is 176 Å². The Bertz CT molecular complexity index is 778. The number of esters is 1. The fourth-order valence-electron chi connectivity index (χ4n) is 3.33. The molecule has 1 heterocycles. The first kappa shape index (κ1) is 23.1. The lowest BCUT2D eigenvalue weighted by atomic mass is 9.97. The maximum absolute atomic E-state index is 12.9. The molecule has 1 aromatic carbocycles. The maximum Gasteiger partial charge on any atom is 0.330 e. The summed E-state index contributed by atoms with van der Waals surface area (Å²) in [5.74, 6) is -1.54. The van der Waals surface area contributed by atoms with Crippen LogP contribution in [-0.4, -0.2) is 48.9 Å². The second-order valence-electron chi connectivity index (χ2n) is 7.18. The summed E-state index contributed by atoms with van der Waals surface area (Å²) in [6.45, 7) is 3.89. The van der Waals surface area contributed by atoms with Crippen molar-refractivity contribution < 1.29 is 23.9 Å². The van der Waals surface area contributed by atoms with E-state index in [0.717, 1.165) is 5.56 Å². The minimum Gasteiger partial charge on any atom is -0.463 e. The van der Waals surface area contributed by atoms with E-state index in [-0.39, 0.29) is 30.2 Å². The Kier molecular flexibility index (Phi) is 9.05. The van der Waals surface area contributed by atoms with Gasteiger partial charge in [0.05, 0.1) is 6.61 Å². The summed E-state index contributed by atoms with van der Waals surface area (Å²) in [7, 11) is 0. The van der Waals surface area contributed by atoms with Gasteiger partial charge >= 0.3 is 5.97 Å². The van der Waals surface area contributed by atoms with Crippen molar-refractivity contribution in [1.29, 1.82) is 0 Å². The average molecular weight is 415 g/mol. The Morgan fingerprint density at radius 3 is 2.57 bits per heavy atom. The van der Waals surface area contributed by atoms with Crippen molar-refractivity contribution in [2.24, 2.45) is 5.92 Å².